The lowest BCUT2D eigenvalue weighted by Crippen LogP contribution is -2.07. The zero-order valence-corrected chi connectivity index (χ0v) is 18.7. The molecule has 4 aromatic rings. The van der Waals surface area contributed by atoms with E-state index in [4.69, 9.17) is 4.74 Å². The Hall–Kier alpha value is -3.33. The van der Waals surface area contributed by atoms with Crippen LogP contribution in [0.3, 0.4) is 0 Å². The summed E-state index contributed by atoms with van der Waals surface area (Å²) in [6.45, 7) is 2.06. The van der Waals surface area contributed by atoms with Gasteiger partial charge in [-0.2, -0.15) is 13.2 Å². The topological polar surface area (TPSA) is 60.7 Å². The Morgan fingerprint density at radius 1 is 1.03 bits per heavy atom. The highest BCUT2D eigenvalue weighted by atomic mass is 32.2. The van der Waals surface area contributed by atoms with Gasteiger partial charge in [0, 0.05) is 18.0 Å². The molecule has 0 aliphatic heterocycles. The minimum Gasteiger partial charge on any atom is -0.489 e. The van der Waals surface area contributed by atoms with E-state index in [0.29, 0.717) is 23.6 Å². The number of hydrogen-bond donors (Lipinski definition) is 0. The molecular weight excluding hydrogens is 453 g/mol. The van der Waals surface area contributed by atoms with Gasteiger partial charge < -0.3 is 4.74 Å². The highest BCUT2D eigenvalue weighted by Gasteiger charge is 2.34. The molecule has 2 aromatic carbocycles. The van der Waals surface area contributed by atoms with Gasteiger partial charge in [-0.15, -0.1) is 0 Å². The molecule has 4 rings (SSSR count). The van der Waals surface area contributed by atoms with Crippen LogP contribution < -0.4 is 4.74 Å². The Labute approximate surface area is 189 Å². The van der Waals surface area contributed by atoms with Crippen LogP contribution in [0, 0.1) is 0 Å². The maximum atomic E-state index is 13.4. The van der Waals surface area contributed by atoms with Gasteiger partial charge in [0.15, 0.2) is 9.84 Å². The second kappa shape index (κ2) is 8.55. The summed E-state index contributed by atoms with van der Waals surface area (Å²) in [7, 11) is -3.33. The normalized spacial score (nSPS) is 12.3. The highest BCUT2D eigenvalue weighted by molar-refractivity contribution is 7.90. The Kier molecular flexibility index (Phi) is 5.92. The van der Waals surface area contributed by atoms with E-state index < -0.39 is 21.6 Å². The van der Waals surface area contributed by atoms with Crippen molar-refractivity contribution in [1.29, 1.82) is 0 Å². The first-order valence-corrected chi connectivity index (χ1v) is 12.1. The number of aryl methyl sites for hydroxylation is 1. The molecule has 172 valence electrons. The SMILES string of the molecule is CCc1nc2c(C(F)(F)F)cccn2c1-c1ccc(COc2cccc(S(C)(=O)=O)c2)cc1. The number of aromatic nitrogens is 2. The smallest absolute Gasteiger partial charge is 0.419 e. The molecule has 0 N–H and O–H groups in total. The van der Waals surface area contributed by atoms with Gasteiger partial charge in [0.05, 0.1) is 21.8 Å². The molecule has 0 aliphatic rings. The zero-order valence-electron chi connectivity index (χ0n) is 17.9. The first kappa shape index (κ1) is 22.8. The Morgan fingerprint density at radius 2 is 1.76 bits per heavy atom. The number of pyridine rings is 1. The molecule has 0 bridgehead atoms. The first-order valence-electron chi connectivity index (χ1n) is 10.2. The van der Waals surface area contributed by atoms with Crippen molar-refractivity contribution >= 4 is 15.5 Å². The number of sulfone groups is 1. The van der Waals surface area contributed by atoms with Gasteiger partial charge in [0.1, 0.15) is 18.0 Å². The van der Waals surface area contributed by atoms with Gasteiger partial charge in [-0.1, -0.05) is 37.3 Å². The third-order valence-corrected chi connectivity index (χ3v) is 6.34. The molecule has 0 saturated heterocycles. The van der Waals surface area contributed by atoms with E-state index in [1.54, 1.807) is 18.3 Å². The number of rotatable bonds is 6. The summed E-state index contributed by atoms with van der Waals surface area (Å²) >= 11 is 0. The maximum absolute atomic E-state index is 13.4. The molecule has 0 amide bonds. The fourth-order valence-corrected chi connectivity index (χ4v) is 4.26. The zero-order chi connectivity index (χ0) is 23.8. The number of nitrogens with zero attached hydrogens (tertiary/aromatic N) is 2. The Bertz CT molecular complexity index is 1410. The number of alkyl halides is 3. The van der Waals surface area contributed by atoms with E-state index >= 15 is 0 Å². The summed E-state index contributed by atoms with van der Waals surface area (Å²) in [6.07, 6.45) is -1.30. The third kappa shape index (κ3) is 4.73. The van der Waals surface area contributed by atoms with E-state index in [1.807, 2.05) is 31.2 Å². The standard InChI is InChI=1S/C24H21F3N2O3S/c1-3-21-22(29-13-5-8-20(23(29)28-21)24(25,26)27)17-11-9-16(10-12-17)15-32-18-6-4-7-19(14-18)33(2,30)31/h4-14H,3,15H2,1-2H3. The quantitative estimate of drug-likeness (QED) is 0.367. The molecule has 9 heteroatoms. The molecule has 0 unspecified atom stereocenters. The summed E-state index contributed by atoms with van der Waals surface area (Å²) in [6, 6.07) is 15.9. The molecule has 33 heavy (non-hydrogen) atoms. The van der Waals surface area contributed by atoms with Crippen LogP contribution in [0.15, 0.2) is 71.8 Å². The monoisotopic (exact) mass is 474 g/mol. The van der Waals surface area contributed by atoms with E-state index in [0.717, 1.165) is 23.4 Å². The van der Waals surface area contributed by atoms with Crippen molar-refractivity contribution < 1.29 is 26.3 Å². The number of halogens is 3. The third-order valence-electron chi connectivity index (χ3n) is 5.23. The number of ether oxygens (including phenoxy) is 1. The van der Waals surface area contributed by atoms with Crippen LogP contribution >= 0.6 is 0 Å². The van der Waals surface area contributed by atoms with Crippen molar-refractivity contribution in [2.24, 2.45) is 0 Å². The summed E-state index contributed by atoms with van der Waals surface area (Å²) in [4.78, 5) is 4.44. The van der Waals surface area contributed by atoms with Gasteiger partial charge in [-0.3, -0.25) is 4.40 Å². The lowest BCUT2D eigenvalue weighted by molar-refractivity contribution is -0.136. The molecule has 2 heterocycles. The largest absolute Gasteiger partial charge is 0.489 e. The summed E-state index contributed by atoms with van der Waals surface area (Å²) < 4.78 is 70.9. The predicted octanol–water partition coefficient (Wildman–Crippen LogP) is 5.57. The van der Waals surface area contributed by atoms with E-state index in [1.165, 1.54) is 22.6 Å². The van der Waals surface area contributed by atoms with Gasteiger partial charge in [-0.05, 0) is 42.3 Å². The Morgan fingerprint density at radius 3 is 2.39 bits per heavy atom. The predicted molar refractivity (Wildman–Crippen MR) is 119 cm³/mol. The van der Waals surface area contributed by atoms with Crippen molar-refractivity contribution in [2.75, 3.05) is 6.26 Å². The highest BCUT2D eigenvalue weighted by Crippen LogP contribution is 2.35. The first-order chi connectivity index (χ1) is 15.6. The van der Waals surface area contributed by atoms with Crippen molar-refractivity contribution in [2.45, 2.75) is 31.0 Å². The molecule has 0 spiro atoms. The minimum atomic E-state index is -4.49. The molecule has 0 fully saturated rings. The fraction of sp³-hybridized carbons (Fsp3) is 0.208. The number of imidazole rings is 1. The number of hydrogen-bond acceptors (Lipinski definition) is 4. The van der Waals surface area contributed by atoms with E-state index in [-0.39, 0.29) is 17.1 Å². The maximum Gasteiger partial charge on any atom is 0.419 e. The second-order valence-corrected chi connectivity index (χ2v) is 9.62. The molecule has 2 aromatic heterocycles. The van der Waals surface area contributed by atoms with Gasteiger partial charge in [-0.25, -0.2) is 13.4 Å². The van der Waals surface area contributed by atoms with E-state index in [2.05, 4.69) is 4.98 Å². The van der Waals surface area contributed by atoms with Crippen LogP contribution in [-0.4, -0.2) is 24.1 Å². The minimum absolute atomic E-state index is 0.116. The summed E-state index contributed by atoms with van der Waals surface area (Å²) in [5, 5.41) is 0. The summed E-state index contributed by atoms with van der Waals surface area (Å²) in [5.41, 5.74) is 1.87. The molecule has 0 radical (unpaired) electrons. The van der Waals surface area contributed by atoms with Crippen LogP contribution in [-0.2, 0) is 29.0 Å². The van der Waals surface area contributed by atoms with Gasteiger partial charge in [0.25, 0.3) is 0 Å². The average Bonchev–Trinajstić information content (AvgIpc) is 3.15. The van der Waals surface area contributed by atoms with Crippen molar-refractivity contribution in [1.82, 2.24) is 9.38 Å². The number of fused-ring (bicyclic) bond motifs is 1. The van der Waals surface area contributed by atoms with Gasteiger partial charge >= 0.3 is 6.18 Å². The molecular formula is C24H21F3N2O3S. The fourth-order valence-electron chi connectivity index (χ4n) is 3.61. The molecule has 0 saturated carbocycles. The second-order valence-electron chi connectivity index (χ2n) is 7.61. The van der Waals surface area contributed by atoms with Crippen LogP contribution in [0.5, 0.6) is 5.75 Å². The van der Waals surface area contributed by atoms with Crippen molar-refractivity contribution in [3.8, 4) is 17.0 Å². The molecule has 0 aliphatic carbocycles. The van der Waals surface area contributed by atoms with Crippen molar-refractivity contribution in [3.05, 3.63) is 83.7 Å². The van der Waals surface area contributed by atoms with Crippen molar-refractivity contribution in [3.63, 3.8) is 0 Å². The van der Waals surface area contributed by atoms with Crippen LogP contribution in [0.4, 0.5) is 13.2 Å². The van der Waals surface area contributed by atoms with Crippen LogP contribution in [0.1, 0.15) is 23.7 Å². The molecule has 0 atom stereocenters. The lowest BCUT2D eigenvalue weighted by atomic mass is 10.1. The summed E-state index contributed by atoms with van der Waals surface area (Å²) in [5.74, 6) is 0.428. The van der Waals surface area contributed by atoms with Crippen LogP contribution in [0.2, 0.25) is 0 Å². The van der Waals surface area contributed by atoms with Gasteiger partial charge in [0.2, 0.25) is 0 Å². The lowest BCUT2D eigenvalue weighted by Gasteiger charge is -2.10. The number of benzene rings is 2. The average molecular weight is 475 g/mol. The Balaban J connectivity index is 1.61. The van der Waals surface area contributed by atoms with Crippen LogP contribution in [0.25, 0.3) is 16.9 Å². The van der Waals surface area contributed by atoms with E-state index in [9.17, 15) is 21.6 Å². The molecule has 5 nitrogen and oxygen atoms in total.